The van der Waals surface area contributed by atoms with Gasteiger partial charge in [-0.05, 0) is 51.0 Å². The Labute approximate surface area is 223 Å². The van der Waals surface area contributed by atoms with E-state index in [0.717, 1.165) is 50.7 Å². The third kappa shape index (κ3) is 5.83. The summed E-state index contributed by atoms with van der Waals surface area (Å²) >= 11 is 6.79. The summed E-state index contributed by atoms with van der Waals surface area (Å²) in [5, 5.41) is 0.369. The molecule has 4 aliphatic rings. The van der Waals surface area contributed by atoms with E-state index in [9.17, 15) is 9.59 Å². The number of aryl methyl sites for hydroxylation is 1. The lowest BCUT2D eigenvalue weighted by atomic mass is 9.62. The number of carbonyl (C=O) groups excluding carboxylic acids is 2. The van der Waals surface area contributed by atoms with Crippen LogP contribution >= 0.6 is 11.6 Å². The molecule has 1 aliphatic carbocycles. The predicted octanol–water partition coefficient (Wildman–Crippen LogP) is 6.77. The molecule has 8 heteroatoms. The zero-order valence-electron chi connectivity index (χ0n) is 22.1. The van der Waals surface area contributed by atoms with Crippen LogP contribution < -0.4 is 0 Å². The Morgan fingerprint density at radius 1 is 1.16 bits per heavy atom. The van der Waals surface area contributed by atoms with Crippen molar-refractivity contribution in [2.75, 3.05) is 0 Å². The highest BCUT2D eigenvalue weighted by atomic mass is 35.5. The lowest BCUT2D eigenvalue weighted by molar-refractivity contribution is -0.149. The lowest BCUT2D eigenvalue weighted by Gasteiger charge is -2.40. The predicted molar refractivity (Wildman–Crippen MR) is 138 cm³/mol. The van der Waals surface area contributed by atoms with E-state index < -0.39 is 11.7 Å². The zero-order valence-corrected chi connectivity index (χ0v) is 22.9. The number of hydrogen-bond acceptors (Lipinski definition) is 7. The van der Waals surface area contributed by atoms with Gasteiger partial charge in [-0.25, -0.2) is 4.98 Å². The summed E-state index contributed by atoms with van der Waals surface area (Å²) < 4.78 is 23.2. The smallest absolute Gasteiger partial charge is 0.306 e. The van der Waals surface area contributed by atoms with Gasteiger partial charge >= 0.3 is 5.97 Å². The topological polar surface area (TPSA) is 94.5 Å². The number of halogens is 1. The van der Waals surface area contributed by atoms with E-state index in [4.69, 9.17) is 30.2 Å². The molecule has 37 heavy (non-hydrogen) atoms. The van der Waals surface area contributed by atoms with Crippen molar-refractivity contribution < 1.29 is 28.2 Å². The number of ketones is 1. The molecule has 1 aromatic heterocycles. The van der Waals surface area contributed by atoms with Crippen LogP contribution in [0.2, 0.25) is 0 Å². The van der Waals surface area contributed by atoms with E-state index in [1.165, 1.54) is 6.26 Å². The maximum atomic E-state index is 13.2. The number of Topliss-reactive ketones (excluding diaryl/α,β-unsaturated/α-hetero) is 1. The summed E-state index contributed by atoms with van der Waals surface area (Å²) in [6, 6.07) is 0. The van der Waals surface area contributed by atoms with Crippen LogP contribution in [0.15, 0.2) is 27.7 Å². The molecular weight excluding hydrogens is 494 g/mol. The summed E-state index contributed by atoms with van der Waals surface area (Å²) in [5.41, 5.74) is -0.688. The van der Waals surface area contributed by atoms with Gasteiger partial charge in [-0.3, -0.25) is 9.59 Å². The first-order valence-electron chi connectivity index (χ1n) is 13.7. The number of epoxide rings is 1. The molecule has 0 radical (unpaired) electrons. The van der Waals surface area contributed by atoms with E-state index in [1.54, 1.807) is 19.3 Å². The van der Waals surface area contributed by atoms with Gasteiger partial charge in [0.15, 0.2) is 5.89 Å². The number of carbonyl (C=O) groups is 2. The Bertz CT molecular complexity index is 1100. The number of oxazole rings is 1. The van der Waals surface area contributed by atoms with Crippen molar-refractivity contribution in [1.29, 1.82) is 0 Å². The maximum Gasteiger partial charge on any atom is 0.306 e. The Hall–Kier alpha value is -2.12. The minimum absolute atomic E-state index is 0.199. The standard InChI is InChI=1S/C29H38ClNO6/c1-19-6-4-10-27(3)29(37-27,15-22-18-35-22)16-24(23(30)14-21-17-34-20(2)31-21)36-26(33)9-13-28(11-5-12-28)25(32)8-7-19/h14,17-19,24H,4-13,15-16H2,1-3H3/b23-14-. The third-order valence-corrected chi connectivity index (χ3v) is 9.38. The summed E-state index contributed by atoms with van der Waals surface area (Å²) in [5.74, 6) is 1.88. The number of hydrogen-bond donors (Lipinski definition) is 0. The second-order valence-corrected chi connectivity index (χ2v) is 12.2. The van der Waals surface area contributed by atoms with E-state index >= 15 is 0 Å². The van der Waals surface area contributed by atoms with Crippen molar-refractivity contribution in [1.82, 2.24) is 4.98 Å². The molecule has 1 aromatic rings. The molecule has 4 unspecified atom stereocenters. The molecule has 2 saturated heterocycles. The second-order valence-electron chi connectivity index (χ2n) is 11.8. The second kappa shape index (κ2) is 10.2. The van der Waals surface area contributed by atoms with Crippen molar-refractivity contribution in [3.63, 3.8) is 0 Å². The van der Waals surface area contributed by atoms with Crippen LogP contribution in [0.3, 0.4) is 0 Å². The minimum atomic E-state index is -0.702. The molecule has 202 valence electrons. The number of aromatic nitrogens is 1. The van der Waals surface area contributed by atoms with Gasteiger partial charge in [0.05, 0.1) is 10.6 Å². The molecule has 0 bridgehead atoms. The fourth-order valence-electron chi connectivity index (χ4n) is 6.22. The minimum Gasteiger partial charge on any atom is -0.462 e. The number of rotatable bonds is 4. The largest absolute Gasteiger partial charge is 0.462 e. The van der Waals surface area contributed by atoms with Crippen LogP contribution in [0.5, 0.6) is 0 Å². The van der Waals surface area contributed by atoms with E-state index in [2.05, 4.69) is 18.8 Å². The summed E-state index contributed by atoms with van der Waals surface area (Å²) in [6.07, 6.45) is 13.2. The Balaban J connectivity index is 1.40. The highest BCUT2D eigenvalue weighted by Crippen LogP contribution is 2.59. The summed E-state index contributed by atoms with van der Waals surface area (Å²) in [4.78, 5) is 30.6. The van der Waals surface area contributed by atoms with Gasteiger partial charge < -0.3 is 18.6 Å². The summed E-state index contributed by atoms with van der Waals surface area (Å²) in [6.45, 7) is 6.13. The van der Waals surface area contributed by atoms with Gasteiger partial charge in [0.1, 0.15) is 41.5 Å². The molecule has 5 rings (SSSR count). The SMILES string of the molecule is Cc1nc(/C=C(\Cl)C2CC3(CC4=CO4)OC3(C)CCCC(C)CCC(=O)C3(CCC3)CCC(=O)O2)co1. The molecule has 4 atom stereocenters. The number of cyclic esters (lactones) is 1. The lowest BCUT2D eigenvalue weighted by Crippen LogP contribution is -2.39. The molecule has 1 saturated carbocycles. The van der Waals surface area contributed by atoms with Crippen LogP contribution in [0.25, 0.3) is 6.08 Å². The van der Waals surface area contributed by atoms with Crippen LogP contribution in [-0.2, 0) is 23.8 Å². The third-order valence-electron chi connectivity index (χ3n) is 9.03. The van der Waals surface area contributed by atoms with Gasteiger partial charge in [0.2, 0.25) is 0 Å². The molecule has 0 amide bonds. The van der Waals surface area contributed by atoms with Crippen LogP contribution in [0, 0.1) is 18.3 Å². The quantitative estimate of drug-likeness (QED) is 0.312. The van der Waals surface area contributed by atoms with Crippen molar-refractivity contribution in [3.05, 3.63) is 34.9 Å². The van der Waals surface area contributed by atoms with Gasteiger partial charge in [0, 0.05) is 38.0 Å². The molecule has 3 aliphatic heterocycles. The first-order chi connectivity index (χ1) is 17.6. The van der Waals surface area contributed by atoms with Crippen molar-refractivity contribution >= 4 is 29.4 Å². The number of esters is 1. The van der Waals surface area contributed by atoms with Gasteiger partial charge in [-0.15, -0.1) is 0 Å². The van der Waals surface area contributed by atoms with Crippen LogP contribution in [0.1, 0.15) is 102 Å². The van der Waals surface area contributed by atoms with Crippen molar-refractivity contribution in [2.45, 2.75) is 115 Å². The van der Waals surface area contributed by atoms with Crippen LogP contribution in [0.4, 0.5) is 0 Å². The summed E-state index contributed by atoms with van der Waals surface area (Å²) in [7, 11) is 0. The molecule has 4 heterocycles. The van der Waals surface area contributed by atoms with Crippen molar-refractivity contribution in [2.24, 2.45) is 11.3 Å². The van der Waals surface area contributed by atoms with Crippen LogP contribution in [-0.4, -0.2) is 34.0 Å². The van der Waals surface area contributed by atoms with E-state index in [-0.39, 0.29) is 23.4 Å². The van der Waals surface area contributed by atoms with Gasteiger partial charge in [0.25, 0.3) is 0 Å². The molecular formula is C29H38ClNO6. The number of fused-ring (bicyclic) bond motifs is 1. The van der Waals surface area contributed by atoms with E-state index in [0.29, 0.717) is 54.0 Å². The Kier molecular flexibility index (Phi) is 7.31. The van der Waals surface area contributed by atoms with Gasteiger partial charge in [-0.1, -0.05) is 37.8 Å². The van der Waals surface area contributed by atoms with Gasteiger partial charge in [-0.2, -0.15) is 0 Å². The fraction of sp³-hybridized carbons (Fsp3) is 0.690. The molecule has 3 fully saturated rings. The molecule has 1 spiro atoms. The number of nitrogens with zero attached hydrogens (tertiary/aromatic N) is 1. The molecule has 7 nitrogen and oxygen atoms in total. The highest BCUT2D eigenvalue weighted by Gasteiger charge is 2.67. The highest BCUT2D eigenvalue weighted by molar-refractivity contribution is 6.32. The zero-order chi connectivity index (χ0) is 26.3. The fourth-order valence-corrected chi connectivity index (χ4v) is 6.46. The first-order valence-corrected chi connectivity index (χ1v) is 14.1. The monoisotopic (exact) mass is 531 g/mol. The number of ether oxygens (including phenoxy) is 3. The molecule has 0 aromatic carbocycles. The normalized spacial score (nSPS) is 34.6. The van der Waals surface area contributed by atoms with E-state index in [1.807, 2.05) is 0 Å². The Morgan fingerprint density at radius 2 is 1.95 bits per heavy atom. The average molecular weight is 532 g/mol. The Morgan fingerprint density at radius 3 is 2.59 bits per heavy atom. The molecule has 0 N–H and O–H groups in total. The average Bonchev–Trinajstić information content (AvgIpc) is 3.68. The maximum absolute atomic E-state index is 13.2. The van der Waals surface area contributed by atoms with Crippen molar-refractivity contribution in [3.8, 4) is 0 Å². The first kappa shape index (κ1) is 26.5.